The Labute approximate surface area is 144 Å². The Kier molecular flexibility index (Phi) is 5.08. The van der Waals surface area contributed by atoms with Crippen molar-refractivity contribution in [2.45, 2.75) is 38.5 Å². The number of aliphatic hydroxyl groups is 1. The van der Waals surface area contributed by atoms with Crippen molar-refractivity contribution in [3.05, 3.63) is 47.6 Å². The normalized spacial score (nSPS) is 19.8. The summed E-state index contributed by atoms with van der Waals surface area (Å²) in [6.45, 7) is 2.25. The van der Waals surface area contributed by atoms with E-state index in [0.29, 0.717) is 18.0 Å². The molecular weight excluding hydrogens is 324 g/mol. The van der Waals surface area contributed by atoms with Gasteiger partial charge in [-0.3, -0.25) is 14.6 Å². The molecule has 2 N–H and O–H groups in total. The fourth-order valence-electron chi connectivity index (χ4n) is 2.90. The van der Waals surface area contributed by atoms with E-state index in [4.69, 9.17) is 4.52 Å². The Morgan fingerprint density at radius 1 is 1.40 bits per heavy atom. The summed E-state index contributed by atoms with van der Waals surface area (Å²) in [7, 11) is 0. The molecule has 2 aromatic heterocycles. The Morgan fingerprint density at radius 2 is 2.16 bits per heavy atom. The van der Waals surface area contributed by atoms with Crippen LogP contribution in [0.5, 0.6) is 0 Å². The number of pyridine rings is 1. The van der Waals surface area contributed by atoms with Crippen LogP contribution in [0.1, 0.15) is 23.4 Å². The molecule has 1 saturated heterocycles. The number of carbonyl (C=O) groups is 2. The van der Waals surface area contributed by atoms with E-state index in [-0.39, 0.29) is 31.2 Å². The van der Waals surface area contributed by atoms with Crippen LogP contribution < -0.4 is 5.32 Å². The van der Waals surface area contributed by atoms with Gasteiger partial charge >= 0.3 is 0 Å². The topological polar surface area (TPSA) is 109 Å². The number of aliphatic hydroxyl groups excluding tert-OH is 1. The van der Waals surface area contributed by atoms with Crippen LogP contribution in [0.4, 0.5) is 0 Å². The highest BCUT2D eigenvalue weighted by molar-refractivity contribution is 5.89. The van der Waals surface area contributed by atoms with Crippen molar-refractivity contribution in [1.29, 1.82) is 0 Å². The molecule has 1 aliphatic heterocycles. The van der Waals surface area contributed by atoms with Gasteiger partial charge in [0.2, 0.25) is 11.8 Å². The van der Waals surface area contributed by atoms with Gasteiger partial charge in [0.1, 0.15) is 11.8 Å². The minimum Gasteiger partial charge on any atom is -0.391 e. The Hall–Kier alpha value is -2.74. The third-order valence-electron chi connectivity index (χ3n) is 4.12. The summed E-state index contributed by atoms with van der Waals surface area (Å²) in [5.41, 5.74) is 1.60. The minimum absolute atomic E-state index is 0.0156. The summed E-state index contributed by atoms with van der Waals surface area (Å²) < 4.78 is 5.06. The molecule has 0 bridgehead atoms. The molecule has 0 aliphatic carbocycles. The maximum absolute atomic E-state index is 12.5. The molecule has 1 fully saturated rings. The summed E-state index contributed by atoms with van der Waals surface area (Å²) in [6.07, 6.45) is 2.83. The molecule has 3 heterocycles. The van der Waals surface area contributed by atoms with Crippen LogP contribution in [-0.4, -0.2) is 50.7 Å². The number of nitrogens with one attached hydrogen (secondary N) is 1. The average molecular weight is 344 g/mol. The summed E-state index contributed by atoms with van der Waals surface area (Å²) >= 11 is 0. The molecule has 8 heteroatoms. The average Bonchev–Trinajstić information content (AvgIpc) is 3.19. The molecule has 2 unspecified atom stereocenters. The van der Waals surface area contributed by atoms with Gasteiger partial charge in [-0.1, -0.05) is 5.16 Å². The molecule has 2 aromatic rings. The van der Waals surface area contributed by atoms with Crippen molar-refractivity contribution >= 4 is 11.8 Å². The summed E-state index contributed by atoms with van der Waals surface area (Å²) in [5.74, 6) is -0.105. The second kappa shape index (κ2) is 7.43. The van der Waals surface area contributed by atoms with Gasteiger partial charge in [0.25, 0.3) is 0 Å². The van der Waals surface area contributed by atoms with E-state index in [9.17, 15) is 14.7 Å². The molecular formula is C17H20N4O4. The lowest BCUT2D eigenvalue weighted by Crippen LogP contribution is -2.46. The number of rotatable bonds is 5. The maximum Gasteiger partial charge on any atom is 0.243 e. The molecule has 8 nitrogen and oxygen atoms in total. The van der Waals surface area contributed by atoms with E-state index in [1.807, 2.05) is 0 Å². The number of aryl methyl sites for hydroxylation is 1. The van der Waals surface area contributed by atoms with E-state index in [0.717, 1.165) is 5.56 Å². The third kappa shape index (κ3) is 4.21. The number of amides is 2. The van der Waals surface area contributed by atoms with E-state index < -0.39 is 12.1 Å². The van der Waals surface area contributed by atoms with Gasteiger partial charge in [-0.2, -0.15) is 0 Å². The fourth-order valence-corrected chi connectivity index (χ4v) is 2.90. The van der Waals surface area contributed by atoms with Crippen LogP contribution in [0.25, 0.3) is 0 Å². The molecule has 0 radical (unpaired) electrons. The highest BCUT2D eigenvalue weighted by atomic mass is 16.5. The molecule has 1 aliphatic rings. The van der Waals surface area contributed by atoms with Gasteiger partial charge in [-0.15, -0.1) is 0 Å². The van der Waals surface area contributed by atoms with E-state index >= 15 is 0 Å². The van der Waals surface area contributed by atoms with Crippen molar-refractivity contribution in [2.24, 2.45) is 0 Å². The van der Waals surface area contributed by atoms with Gasteiger partial charge in [0.15, 0.2) is 0 Å². The maximum atomic E-state index is 12.5. The summed E-state index contributed by atoms with van der Waals surface area (Å²) in [5, 5.41) is 16.5. The molecule has 2 amide bonds. The smallest absolute Gasteiger partial charge is 0.243 e. The zero-order valence-corrected chi connectivity index (χ0v) is 13.9. The standard InChI is InChI=1S/C17H20N4O4/c1-11-6-14(25-20-11)8-16(23)21-10-13(22)7-15(21)17(24)19-9-12-2-4-18-5-3-12/h2-6,13,15,22H,7-10H2,1H3,(H,19,24). The SMILES string of the molecule is Cc1cc(CC(=O)N2CC(O)CC2C(=O)NCc2ccncc2)on1. The molecule has 2 atom stereocenters. The van der Waals surface area contributed by atoms with Crippen molar-refractivity contribution in [2.75, 3.05) is 6.54 Å². The lowest BCUT2D eigenvalue weighted by atomic mass is 10.1. The van der Waals surface area contributed by atoms with Gasteiger partial charge < -0.3 is 19.8 Å². The molecule has 0 saturated carbocycles. The molecule has 0 aromatic carbocycles. The van der Waals surface area contributed by atoms with E-state index in [2.05, 4.69) is 15.5 Å². The van der Waals surface area contributed by atoms with Crippen molar-refractivity contribution < 1.29 is 19.2 Å². The molecule has 132 valence electrons. The number of β-amino-alcohol motifs (C(OH)–C–C–N with tert-alkyl or cyclic N) is 1. The predicted octanol–water partition coefficient (Wildman–Crippen LogP) is 0.199. The number of nitrogens with zero attached hydrogens (tertiary/aromatic N) is 3. The minimum atomic E-state index is -0.711. The van der Waals surface area contributed by atoms with Crippen molar-refractivity contribution in [3.8, 4) is 0 Å². The number of hydrogen-bond donors (Lipinski definition) is 2. The number of carbonyl (C=O) groups excluding carboxylic acids is 2. The first-order valence-corrected chi connectivity index (χ1v) is 8.09. The second-order valence-electron chi connectivity index (χ2n) is 6.14. The van der Waals surface area contributed by atoms with Crippen LogP contribution in [0.15, 0.2) is 35.1 Å². The van der Waals surface area contributed by atoms with Crippen LogP contribution in [0.3, 0.4) is 0 Å². The lowest BCUT2D eigenvalue weighted by Gasteiger charge is -2.23. The van der Waals surface area contributed by atoms with Crippen molar-refractivity contribution in [1.82, 2.24) is 20.4 Å². The molecule has 0 spiro atoms. The Morgan fingerprint density at radius 3 is 2.84 bits per heavy atom. The van der Waals surface area contributed by atoms with Gasteiger partial charge in [-0.25, -0.2) is 0 Å². The Balaban J connectivity index is 1.62. The summed E-state index contributed by atoms with van der Waals surface area (Å²) in [4.78, 5) is 30.3. The van der Waals surface area contributed by atoms with E-state index in [1.165, 1.54) is 4.90 Å². The quantitative estimate of drug-likeness (QED) is 0.802. The first-order valence-electron chi connectivity index (χ1n) is 8.09. The number of aromatic nitrogens is 2. The van der Waals surface area contributed by atoms with Crippen LogP contribution in [0.2, 0.25) is 0 Å². The number of likely N-dealkylation sites (tertiary alicyclic amines) is 1. The lowest BCUT2D eigenvalue weighted by molar-refractivity contribution is -0.138. The van der Waals surface area contributed by atoms with Gasteiger partial charge in [0, 0.05) is 38.0 Å². The zero-order chi connectivity index (χ0) is 17.8. The Bertz CT molecular complexity index is 746. The fraction of sp³-hybridized carbons (Fsp3) is 0.412. The first kappa shape index (κ1) is 17.1. The number of hydrogen-bond acceptors (Lipinski definition) is 6. The van der Waals surface area contributed by atoms with Crippen molar-refractivity contribution in [3.63, 3.8) is 0 Å². The van der Waals surface area contributed by atoms with Crippen LogP contribution >= 0.6 is 0 Å². The van der Waals surface area contributed by atoms with Crippen LogP contribution in [0, 0.1) is 6.92 Å². The molecule has 3 rings (SSSR count). The highest BCUT2D eigenvalue weighted by Gasteiger charge is 2.38. The first-order chi connectivity index (χ1) is 12.0. The largest absolute Gasteiger partial charge is 0.391 e. The van der Waals surface area contributed by atoms with Gasteiger partial charge in [0.05, 0.1) is 18.2 Å². The van der Waals surface area contributed by atoms with Gasteiger partial charge in [-0.05, 0) is 24.6 Å². The van der Waals surface area contributed by atoms with E-state index in [1.54, 1.807) is 37.5 Å². The third-order valence-corrected chi connectivity index (χ3v) is 4.12. The second-order valence-corrected chi connectivity index (χ2v) is 6.14. The van der Waals surface area contributed by atoms with Crippen LogP contribution in [-0.2, 0) is 22.6 Å². The zero-order valence-electron chi connectivity index (χ0n) is 13.9. The molecule has 25 heavy (non-hydrogen) atoms. The summed E-state index contributed by atoms with van der Waals surface area (Å²) in [6, 6.07) is 4.61. The highest BCUT2D eigenvalue weighted by Crippen LogP contribution is 2.20. The monoisotopic (exact) mass is 344 g/mol. The predicted molar refractivity (Wildman–Crippen MR) is 87.2 cm³/mol.